The molecule has 49 heteroatoms. The quantitative estimate of drug-likeness (QED) is 0.00464. The van der Waals surface area contributed by atoms with Crippen LogP contribution in [0.25, 0.3) is 0 Å². The van der Waals surface area contributed by atoms with Crippen LogP contribution in [0.2, 0.25) is 0 Å². The van der Waals surface area contributed by atoms with Crippen LogP contribution in [-0.4, -0.2) is 458 Å². The van der Waals surface area contributed by atoms with E-state index in [9.17, 15) is 132 Å². The number of allylic oxidation sites excluding steroid dienone is 2. The van der Waals surface area contributed by atoms with Gasteiger partial charge in [0.15, 0.2) is 56.4 Å². The molecule has 15 rings (SSSR count). The van der Waals surface area contributed by atoms with Gasteiger partial charge in [0.2, 0.25) is 18.5 Å². The first-order chi connectivity index (χ1) is 66.5. The second-order valence-electron chi connectivity index (χ2n) is 42.6. The van der Waals surface area contributed by atoms with Gasteiger partial charge in [-0.1, -0.05) is 66.5 Å². The number of esters is 1. The first-order valence-electron chi connectivity index (χ1n) is 48.8. The molecule has 0 bridgehead atoms. The van der Waals surface area contributed by atoms with E-state index in [1.54, 1.807) is 20.1 Å². The van der Waals surface area contributed by atoms with Crippen LogP contribution in [0.4, 0.5) is 0 Å². The van der Waals surface area contributed by atoms with E-state index in [-0.39, 0.29) is 44.6 Å². The van der Waals surface area contributed by atoms with Gasteiger partial charge in [-0.2, -0.15) is 5.10 Å². The number of unbranched alkanes of at least 4 members (excludes halogenated alkanes) is 2. The van der Waals surface area contributed by atoms with Crippen molar-refractivity contribution in [3.63, 3.8) is 0 Å². The van der Waals surface area contributed by atoms with Crippen LogP contribution >= 0.6 is 0 Å². The first kappa shape index (κ1) is 110. The summed E-state index contributed by atoms with van der Waals surface area (Å²) in [6.45, 7) is 15.0. The maximum absolute atomic E-state index is 16.6. The van der Waals surface area contributed by atoms with E-state index in [0.29, 0.717) is 57.8 Å². The normalized spacial score (nSPS) is 51.2. The molecule has 0 spiro atoms. The Bertz CT molecular complexity index is 4340. The van der Waals surface area contributed by atoms with Crippen LogP contribution in [0.1, 0.15) is 153 Å². The zero-order chi connectivity index (χ0) is 102. The third kappa shape index (κ3) is 21.0. The maximum atomic E-state index is 16.6. The van der Waals surface area contributed by atoms with Gasteiger partial charge in [-0.15, -0.1) is 0 Å². The lowest BCUT2D eigenvalue weighted by Crippen LogP contribution is -2.69. The minimum absolute atomic E-state index is 0.0149. The average Bonchev–Trinajstić information content (AvgIpc) is 0.701. The summed E-state index contributed by atoms with van der Waals surface area (Å²) in [6, 6.07) is 0. The van der Waals surface area contributed by atoms with E-state index in [1.807, 2.05) is 20.8 Å². The predicted octanol–water partition coefficient (Wildman–Crippen LogP) is -7.96. The van der Waals surface area contributed by atoms with Crippen LogP contribution in [0.3, 0.4) is 0 Å². The molecule has 52 atom stereocenters. The Balaban J connectivity index is 0.725. The van der Waals surface area contributed by atoms with Gasteiger partial charge in [0, 0.05) is 42.7 Å². The lowest BCUT2D eigenvalue weighted by Gasteiger charge is -2.71. The number of hydrazone groups is 1. The molecule has 49 nitrogen and oxygen atoms in total. The largest absolute Gasteiger partial charge is 0.435 e. The fourth-order valence-corrected chi connectivity index (χ4v) is 24.7. The number of imide groups is 1. The van der Waals surface area contributed by atoms with E-state index in [2.05, 4.69) is 37.4 Å². The van der Waals surface area contributed by atoms with Crippen molar-refractivity contribution in [1.82, 2.24) is 10.3 Å². The standard InChI is InChI=1S/C92H143N3O46/c1-35-36(2)127-83(66(119)69(35)133-76-60(113)53(106)41(99)30-123-76)135-71-38(4)129-84(74(65(71)118)138-80-64(117)59(112)70(37(3)128-80)134-78-67(120)72(43(101)32-125-78)136-81-62(115)57(110)55(108)44(28-96)130-81)141-86(122)92-24-23-87(5,6)26-40(92)39-15-16-47-88(7)21-20-49(89(8,46(88)19-22-90(47,9)91(39,10)27-48(92)102)33-93-94-50(103)14-12-11-13-25-95-51(104)17-18-52(95)105)132-85-75(139-82-63(116)58(111)56(109)45(29-97)131-82)73(68(121)79(140-85)126-34-98)137-77-61(114)54(107)42(100)31-124-77/h15,17-18,33-38,40-49,53-85,96-97,99-102,106-121H,11-14,16,19-32H2,1-10H3,(H,94,103)/b93-33+/t35?,36?,37?,38?,40?,41?,42?,43?,44?,45?,46?,47?,48-,49+,53?,54?,55?,56?,57?,58?,59?,60?,61?,62?,63?,64?,65?,66?,67?,68?,69?,70?,71?,72?,73?,74?,75?,76?,77?,78?,79?,80?,81?,82?,83?,84?,85?,88+,89+,90-,91-,92-/m1/s1. The second-order valence-corrected chi connectivity index (χ2v) is 42.6. The van der Waals surface area contributed by atoms with E-state index >= 15 is 4.79 Å². The van der Waals surface area contributed by atoms with Crippen molar-refractivity contribution < 1.29 is 226 Å². The zero-order valence-electron chi connectivity index (χ0n) is 80.0. The van der Waals surface area contributed by atoms with Crippen molar-refractivity contribution in [1.29, 1.82) is 0 Å². The molecule has 10 aliphatic heterocycles. The van der Waals surface area contributed by atoms with Gasteiger partial charge in [-0.25, -0.2) is 5.43 Å². The Kier molecular flexibility index (Phi) is 34.4. The summed E-state index contributed by atoms with van der Waals surface area (Å²) >= 11 is 0. The third-order valence-corrected chi connectivity index (χ3v) is 33.4. The molecular formula is C92H143N3O46. The molecule has 9 saturated heterocycles. The van der Waals surface area contributed by atoms with Crippen LogP contribution in [0.5, 0.6) is 0 Å². The number of carbonyl (C=O) groups is 5. The minimum atomic E-state index is -2.21. The number of hydrogen-bond donors (Lipinski definition) is 23. The molecule has 802 valence electrons. The lowest BCUT2D eigenvalue weighted by atomic mass is 9.33. The van der Waals surface area contributed by atoms with Gasteiger partial charge in [0.25, 0.3) is 18.3 Å². The van der Waals surface area contributed by atoms with Crippen molar-refractivity contribution in [3.8, 4) is 0 Å². The number of hydrogen-bond acceptors (Lipinski definition) is 47. The number of amides is 3. The number of nitrogens with one attached hydrogen (secondary N) is 1. The highest BCUT2D eigenvalue weighted by Gasteiger charge is 2.74. The number of aliphatic hydroxyl groups is 22. The fraction of sp³-hybridized carbons (Fsp3) is 0.891. The molecule has 3 amide bonds. The molecule has 5 aliphatic carbocycles. The zero-order valence-corrected chi connectivity index (χ0v) is 80.0. The molecule has 141 heavy (non-hydrogen) atoms. The van der Waals surface area contributed by atoms with Crippen molar-refractivity contribution in [3.05, 3.63) is 23.8 Å². The molecule has 4 saturated carbocycles. The molecule has 45 unspecified atom stereocenters. The van der Waals surface area contributed by atoms with Gasteiger partial charge in [-0.05, 0) is 131 Å². The molecule has 10 heterocycles. The molecule has 0 aromatic heterocycles. The first-order valence-corrected chi connectivity index (χ1v) is 48.8. The van der Waals surface area contributed by atoms with Crippen molar-refractivity contribution in [2.45, 2.75) is 417 Å². The van der Waals surface area contributed by atoms with Gasteiger partial charge in [0.1, 0.15) is 164 Å². The van der Waals surface area contributed by atoms with E-state index in [1.165, 1.54) is 26.0 Å². The van der Waals surface area contributed by atoms with Crippen LogP contribution < -0.4 is 5.43 Å². The molecular weight excluding hydrogens is 1880 g/mol. The monoisotopic (exact) mass is 2030 g/mol. The van der Waals surface area contributed by atoms with E-state index in [4.69, 9.17) is 90.0 Å². The Morgan fingerprint density at radius 2 is 0.957 bits per heavy atom. The highest BCUT2D eigenvalue weighted by atomic mass is 16.8. The van der Waals surface area contributed by atoms with Crippen molar-refractivity contribution >= 4 is 36.4 Å². The van der Waals surface area contributed by atoms with Crippen LogP contribution in [0, 0.1) is 56.2 Å². The Morgan fingerprint density at radius 1 is 0.461 bits per heavy atom. The van der Waals surface area contributed by atoms with Gasteiger partial charge >= 0.3 is 5.97 Å². The highest BCUT2D eigenvalue weighted by Crippen LogP contribution is 2.76. The molecule has 0 radical (unpaired) electrons. The summed E-state index contributed by atoms with van der Waals surface area (Å²) < 4.78 is 117. The van der Waals surface area contributed by atoms with Crippen molar-refractivity contribution in [2.24, 2.45) is 61.3 Å². The topological polar surface area (TPSA) is 733 Å². The average molecular weight is 2030 g/mol. The number of aliphatic hydroxyl groups excluding tert-OH is 22. The Morgan fingerprint density at radius 3 is 1.56 bits per heavy atom. The number of carbonyl (C=O) groups excluding carboxylic acids is 5. The third-order valence-electron chi connectivity index (χ3n) is 33.4. The molecule has 15 aliphatic rings. The number of ether oxygens (including phenoxy) is 19. The van der Waals surface area contributed by atoms with Gasteiger partial charge in [-0.3, -0.25) is 28.9 Å². The number of fused-ring (bicyclic) bond motifs is 7. The Labute approximate surface area is 811 Å². The minimum Gasteiger partial charge on any atom is -0.435 e. The lowest BCUT2D eigenvalue weighted by molar-refractivity contribution is -0.410. The summed E-state index contributed by atoms with van der Waals surface area (Å²) in [7, 11) is 0. The number of rotatable bonds is 30. The molecule has 0 aromatic rings. The van der Waals surface area contributed by atoms with Crippen LogP contribution in [0.15, 0.2) is 28.9 Å². The van der Waals surface area contributed by atoms with Crippen LogP contribution in [-0.2, 0) is 114 Å². The summed E-state index contributed by atoms with van der Waals surface area (Å²) in [5, 5.41) is 253. The summed E-state index contributed by atoms with van der Waals surface area (Å²) in [6.07, 6.45) is -67.8. The second kappa shape index (κ2) is 44.0. The summed E-state index contributed by atoms with van der Waals surface area (Å²) in [5.74, 6) is -4.79. The smallest absolute Gasteiger partial charge is 0.317 e. The van der Waals surface area contributed by atoms with Crippen molar-refractivity contribution in [2.75, 3.05) is 39.6 Å². The van der Waals surface area contributed by atoms with Gasteiger partial charge < -0.3 is 202 Å². The van der Waals surface area contributed by atoms with E-state index in [0.717, 1.165) is 10.5 Å². The summed E-state index contributed by atoms with van der Waals surface area (Å²) in [4.78, 5) is 68.7. The number of nitrogens with zero attached hydrogens (tertiary/aromatic N) is 2. The highest BCUT2D eigenvalue weighted by molar-refractivity contribution is 6.12. The Hall–Kier alpha value is -4.86. The SMILES string of the molecule is CC1OC(OC2C(C)OC(OC(=O)[C@]34CCC(C)(C)CC3C3=CCC5[C@@]6(C)CC[C@H](OC7OC(OC=O)C(O)C(OC8OCC(O)C(O)C8O)C7OC7OC(CO)C(O)C(O)C7O)[C@@](C)(/C=N/NC(=O)CCCCCN7C(=O)C=CC7=O)C6CC[C@@]5(C)[C@]3(C)C[C@H]4O)C(OC3OC(C)C(OC4OCC(O)C(OC5OC(CO)C(O)C(O)C5O)C4O)C(O)C3O)C2O)C(O)C(OC2OCC(O)C(O)C2O)C1C. The molecule has 13 fully saturated rings. The fourth-order valence-electron chi connectivity index (χ4n) is 24.7. The maximum Gasteiger partial charge on any atom is 0.317 e. The molecule has 23 N–H and O–H groups in total. The predicted molar refractivity (Wildman–Crippen MR) is 464 cm³/mol. The van der Waals surface area contributed by atoms with E-state index < -0.39 is 371 Å². The molecule has 0 aromatic carbocycles. The summed E-state index contributed by atoms with van der Waals surface area (Å²) in [5.41, 5.74) is -2.79. The van der Waals surface area contributed by atoms with Gasteiger partial charge in [0.05, 0.1) is 69.7 Å².